The van der Waals surface area contributed by atoms with Crippen LogP contribution in [0.1, 0.15) is 36.9 Å². The second-order valence-electron chi connectivity index (χ2n) is 11.6. The first-order valence-electron chi connectivity index (χ1n) is 15.2. The largest absolute Gasteiger partial charge is 0.446 e. The van der Waals surface area contributed by atoms with Gasteiger partial charge >= 0.3 is 6.09 Å². The number of hydrogen-bond acceptors (Lipinski definition) is 7. The van der Waals surface area contributed by atoms with E-state index in [2.05, 4.69) is 74.9 Å². The number of nitrogens with one attached hydrogen (secondary N) is 1. The van der Waals surface area contributed by atoms with Crippen LogP contribution in [-0.2, 0) is 16.0 Å². The number of carbonyl (C=O) groups is 1. The van der Waals surface area contributed by atoms with Gasteiger partial charge in [-0.05, 0) is 49.8 Å². The second kappa shape index (κ2) is 12.1. The van der Waals surface area contributed by atoms with E-state index in [0.717, 1.165) is 96.7 Å². The van der Waals surface area contributed by atoms with Crippen LogP contribution >= 0.6 is 0 Å². The molecule has 1 atom stereocenters. The molecule has 2 aliphatic rings. The molecule has 0 bridgehead atoms. The molecule has 43 heavy (non-hydrogen) atoms. The highest BCUT2D eigenvalue weighted by molar-refractivity contribution is 5.90. The number of pyridine rings is 1. The second-order valence-corrected chi connectivity index (χ2v) is 11.6. The Morgan fingerprint density at radius 3 is 2.60 bits per heavy atom. The van der Waals surface area contributed by atoms with Crippen LogP contribution in [0.5, 0.6) is 0 Å². The summed E-state index contributed by atoms with van der Waals surface area (Å²) in [6.45, 7) is 5.92. The minimum atomic E-state index is -0.332. The molecular weight excluding hydrogens is 540 g/mol. The number of aromatic nitrogens is 4. The molecule has 3 aromatic heterocycles. The molecular formula is C34H36N6O3. The number of ether oxygens (including phenoxy) is 2. The molecule has 2 fully saturated rings. The van der Waals surface area contributed by atoms with Gasteiger partial charge in [0.2, 0.25) is 0 Å². The van der Waals surface area contributed by atoms with Gasteiger partial charge in [-0.15, -0.1) is 0 Å². The van der Waals surface area contributed by atoms with Crippen molar-refractivity contribution in [2.45, 2.75) is 51.4 Å². The molecule has 5 heterocycles. The van der Waals surface area contributed by atoms with E-state index in [4.69, 9.17) is 14.5 Å². The molecule has 2 aliphatic heterocycles. The molecule has 1 N–H and O–H groups in total. The van der Waals surface area contributed by atoms with E-state index in [9.17, 15) is 4.79 Å². The summed E-state index contributed by atoms with van der Waals surface area (Å²) in [5.41, 5.74) is 7.89. The molecule has 5 aromatic rings. The number of benzene rings is 2. The summed E-state index contributed by atoms with van der Waals surface area (Å²) in [6, 6.07) is 23.2. The Kier molecular flexibility index (Phi) is 7.74. The van der Waals surface area contributed by atoms with E-state index in [1.165, 1.54) is 5.56 Å². The number of piperidine rings is 1. The molecule has 0 radical (unpaired) electrons. The van der Waals surface area contributed by atoms with E-state index in [1.807, 2.05) is 29.8 Å². The molecule has 9 nitrogen and oxygen atoms in total. The zero-order valence-electron chi connectivity index (χ0n) is 24.4. The lowest BCUT2D eigenvalue weighted by atomic mass is 9.97. The zero-order valence-corrected chi connectivity index (χ0v) is 24.4. The van der Waals surface area contributed by atoms with Crippen molar-refractivity contribution in [1.29, 1.82) is 0 Å². The van der Waals surface area contributed by atoms with Crippen molar-refractivity contribution >= 4 is 22.8 Å². The summed E-state index contributed by atoms with van der Waals surface area (Å²) in [7, 11) is 0. The van der Waals surface area contributed by atoms with Crippen LogP contribution in [-0.4, -0.2) is 69.0 Å². The smallest absolute Gasteiger partial charge is 0.407 e. The van der Waals surface area contributed by atoms with Crippen molar-refractivity contribution in [2.75, 3.05) is 26.2 Å². The average molecular weight is 577 g/mol. The van der Waals surface area contributed by atoms with E-state index in [1.54, 1.807) is 0 Å². The van der Waals surface area contributed by atoms with Crippen molar-refractivity contribution in [3.8, 4) is 22.4 Å². The van der Waals surface area contributed by atoms with Gasteiger partial charge in [0.05, 0.1) is 17.5 Å². The molecule has 7 rings (SSSR count). The molecule has 0 saturated carbocycles. The van der Waals surface area contributed by atoms with Gasteiger partial charge < -0.3 is 14.8 Å². The van der Waals surface area contributed by atoms with E-state index in [0.29, 0.717) is 6.54 Å². The van der Waals surface area contributed by atoms with Crippen LogP contribution in [0.15, 0.2) is 72.9 Å². The fraction of sp³-hybridized carbons (Fsp3) is 0.353. The Hall–Kier alpha value is -4.34. The predicted octanol–water partition coefficient (Wildman–Crippen LogP) is 5.79. The van der Waals surface area contributed by atoms with E-state index in [-0.39, 0.29) is 18.3 Å². The van der Waals surface area contributed by atoms with Crippen molar-refractivity contribution in [3.05, 3.63) is 84.2 Å². The van der Waals surface area contributed by atoms with Crippen molar-refractivity contribution in [3.63, 3.8) is 0 Å². The quantitative estimate of drug-likeness (QED) is 0.262. The number of nitrogens with zero attached hydrogens (tertiary/aromatic N) is 5. The van der Waals surface area contributed by atoms with Gasteiger partial charge in [-0.25, -0.2) is 14.8 Å². The lowest BCUT2D eigenvalue weighted by Crippen LogP contribution is -2.40. The minimum absolute atomic E-state index is 0.0428. The Morgan fingerprint density at radius 1 is 1.02 bits per heavy atom. The van der Waals surface area contributed by atoms with Crippen LogP contribution in [0, 0.1) is 6.92 Å². The summed E-state index contributed by atoms with van der Waals surface area (Å²) in [5.74, 6) is 0. The molecule has 1 unspecified atom stereocenters. The number of hydrogen-bond donors (Lipinski definition) is 1. The standard InChI is InChI=1S/C34H36N6O3/c1-23-18-31-35-20-27-19-30(25-6-3-2-4-7-25)32(37-33(27)40(31)38-23)26-11-9-24(10-12-26)22-39-15-13-28(14-16-39)43-34(41)36-21-29-8-5-17-42-29/h2-4,6-7,9-12,18-20,28-29H,5,8,13-17,21-22H2,1H3,(H,36,41). The maximum Gasteiger partial charge on any atom is 0.407 e. The maximum atomic E-state index is 12.2. The zero-order chi connectivity index (χ0) is 29.2. The topological polar surface area (TPSA) is 93.9 Å². The number of aryl methyl sites for hydroxylation is 1. The fourth-order valence-corrected chi connectivity index (χ4v) is 6.12. The molecule has 1 amide bonds. The number of alkyl carbamates (subject to hydrolysis) is 1. The van der Waals surface area contributed by atoms with Crippen molar-refractivity contribution in [2.24, 2.45) is 0 Å². The number of rotatable bonds is 7. The molecule has 0 spiro atoms. The normalized spacial score (nSPS) is 17.9. The van der Waals surface area contributed by atoms with Gasteiger partial charge in [0, 0.05) is 61.6 Å². The number of fused-ring (bicyclic) bond motifs is 3. The average Bonchev–Trinajstić information content (AvgIpc) is 3.70. The van der Waals surface area contributed by atoms with Gasteiger partial charge in [-0.2, -0.15) is 9.61 Å². The summed E-state index contributed by atoms with van der Waals surface area (Å²) >= 11 is 0. The Balaban J connectivity index is 1.04. The Labute approximate surface area is 250 Å². The summed E-state index contributed by atoms with van der Waals surface area (Å²) in [6.07, 6.45) is 5.36. The van der Waals surface area contributed by atoms with E-state index < -0.39 is 0 Å². The first kappa shape index (κ1) is 27.5. The van der Waals surface area contributed by atoms with Crippen LogP contribution in [0.2, 0.25) is 0 Å². The van der Waals surface area contributed by atoms with Crippen molar-refractivity contribution in [1.82, 2.24) is 29.8 Å². The van der Waals surface area contributed by atoms with Crippen LogP contribution < -0.4 is 5.32 Å². The third kappa shape index (κ3) is 6.09. The maximum absolute atomic E-state index is 12.2. The summed E-state index contributed by atoms with van der Waals surface area (Å²) in [4.78, 5) is 24.4. The summed E-state index contributed by atoms with van der Waals surface area (Å²) < 4.78 is 13.1. The highest BCUT2D eigenvalue weighted by Gasteiger charge is 2.24. The molecule has 0 aliphatic carbocycles. The van der Waals surface area contributed by atoms with Gasteiger partial charge in [0.1, 0.15) is 6.10 Å². The number of likely N-dealkylation sites (tertiary alicyclic amines) is 1. The van der Waals surface area contributed by atoms with Gasteiger partial charge in [-0.3, -0.25) is 4.90 Å². The predicted molar refractivity (Wildman–Crippen MR) is 166 cm³/mol. The fourth-order valence-electron chi connectivity index (χ4n) is 6.12. The summed E-state index contributed by atoms with van der Waals surface area (Å²) in [5, 5.41) is 8.46. The van der Waals surface area contributed by atoms with Gasteiger partial charge in [0.15, 0.2) is 11.3 Å². The first-order chi connectivity index (χ1) is 21.1. The Bertz CT molecular complexity index is 1720. The van der Waals surface area contributed by atoms with Crippen molar-refractivity contribution < 1.29 is 14.3 Å². The molecule has 220 valence electrons. The molecule has 2 aromatic carbocycles. The highest BCUT2D eigenvalue weighted by Crippen LogP contribution is 2.34. The van der Waals surface area contributed by atoms with Crippen LogP contribution in [0.25, 0.3) is 39.1 Å². The molecule has 2 saturated heterocycles. The SMILES string of the molecule is Cc1cc2ncc3cc(-c4ccccc4)c(-c4ccc(CN5CCC(OC(=O)NCC6CCCO6)CC5)cc4)nc3n2n1. The third-order valence-corrected chi connectivity index (χ3v) is 8.40. The minimum Gasteiger partial charge on any atom is -0.446 e. The van der Waals surface area contributed by atoms with Crippen LogP contribution in [0.4, 0.5) is 4.79 Å². The van der Waals surface area contributed by atoms with Crippen LogP contribution in [0.3, 0.4) is 0 Å². The monoisotopic (exact) mass is 576 g/mol. The Morgan fingerprint density at radius 2 is 1.84 bits per heavy atom. The number of amides is 1. The van der Waals surface area contributed by atoms with E-state index >= 15 is 0 Å². The van der Waals surface area contributed by atoms with Gasteiger partial charge in [-0.1, -0.05) is 54.6 Å². The lowest BCUT2D eigenvalue weighted by molar-refractivity contribution is 0.0446. The molecule has 9 heteroatoms. The lowest BCUT2D eigenvalue weighted by Gasteiger charge is -2.31. The third-order valence-electron chi connectivity index (χ3n) is 8.40. The first-order valence-corrected chi connectivity index (χ1v) is 15.2. The highest BCUT2D eigenvalue weighted by atomic mass is 16.6. The van der Waals surface area contributed by atoms with Gasteiger partial charge in [0.25, 0.3) is 0 Å². The number of carbonyl (C=O) groups excluding carboxylic acids is 1.